The molecule has 2 aromatic carbocycles. The molecule has 4 nitrogen and oxygen atoms in total. The molecule has 0 saturated heterocycles. The number of para-hydroxylation sites is 2. The molecule has 0 bridgehead atoms. The van der Waals surface area contributed by atoms with Gasteiger partial charge in [0, 0.05) is 4.88 Å². The fraction of sp³-hybridized carbons (Fsp3) is 0.261. The van der Waals surface area contributed by atoms with Gasteiger partial charge in [0.25, 0.3) is 0 Å². The Morgan fingerprint density at radius 3 is 2.36 bits per heavy atom. The highest BCUT2D eigenvalue weighted by molar-refractivity contribution is 7.10. The molecule has 0 spiro atoms. The van der Waals surface area contributed by atoms with E-state index in [1.165, 1.54) is 10.4 Å². The highest BCUT2D eigenvalue weighted by Gasteiger charge is 2.17. The molecule has 1 amide bonds. The molecule has 1 heterocycles. The molecule has 0 fully saturated rings. The average molecular weight is 395 g/mol. The minimum absolute atomic E-state index is 0.0235. The molecule has 0 unspecified atom stereocenters. The second kappa shape index (κ2) is 9.53. The molecule has 2 N–H and O–H groups in total. The minimum Gasteiger partial charge on any atom is -0.495 e. The summed E-state index contributed by atoms with van der Waals surface area (Å²) >= 11 is 1.68. The van der Waals surface area contributed by atoms with Crippen LogP contribution in [0.25, 0.3) is 0 Å². The van der Waals surface area contributed by atoms with Gasteiger partial charge >= 0.3 is 0 Å². The van der Waals surface area contributed by atoms with Gasteiger partial charge in [-0.2, -0.15) is 0 Å². The molecule has 0 aliphatic rings. The molecule has 28 heavy (non-hydrogen) atoms. The average Bonchev–Trinajstić information content (AvgIpc) is 3.23. The van der Waals surface area contributed by atoms with E-state index in [9.17, 15) is 4.79 Å². The maximum absolute atomic E-state index is 12.5. The van der Waals surface area contributed by atoms with Crippen molar-refractivity contribution in [2.24, 2.45) is 0 Å². The van der Waals surface area contributed by atoms with Gasteiger partial charge in [0.05, 0.1) is 25.4 Å². The number of anilines is 1. The summed E-state index contributed by atoms with van der Waals surface area (Å²) in [6.45, 7) is 4.57. The first-order valence-electron chi connectivity index (χ1n) is 9.38. The van der Waals surface area contributed by atoms with E-state index in [0.29, 0.717) is 17.4 Å². The van der Waals surface area contributed by atoms with Gasteiger partial charge in [0.15, 0.2) is 0 Å². The molecule has 1 atom stereocenters. The maximum atomic E-state index is 12.5. The van der Waals surface area contributed by atoms with Crippen LogP contribution in [0, 0.1) is 0 Å². The second-order valence-electron chi connectivity index (χ2n) is 6.90. The van der Waals surface area contributed by atoms with Crippen molar-refractivity contribution >= 4 is 22.9 Å². The van der Waals surface area contributed by atoms with Gasteiger partial charge in [-0.1, -0.05) is 56.3 Å². The van der Waals surface area contributed by atoms with Gasteiger partial charge in [-0.05, 0) is 40.6 Å². The van der Waals surface area contributed by atoms with Crippen LogP contribution in [0.5, 0.6) is 5.75 Å². The Bertz CT molecular complexity index is 889. The fourth-order valence-electron chi connectivity index (χ4n) is 3.05. The lowest BCUT2D eigenvalue weighted by atomic mass is 9.98. The van der Waals surface area contributed by atoms with Crippen LogP contribution in [0.3, 0.4) is 0 Å². The van der Waals surface area contributed by atoms with Crippen molar-refractivity contribution in [1.82, 2.24) is 5.32 Å². The molecule has 1 aromatic heterocycles. The predicted molar refractivity (Wildman–Crippen MR) is 116 cm³/mol. The summed E-state index contributed by atoms with van der Waals surface area (Å²) < 4.78 is 5.30. The quantitative estimate of drug-likeness (QED) is 0.552. The smallest absolute Gasteiger partial charge is 0.238 e. The largest absolute Gasteiger partial charge is 0.495 e. The number of rotatable bonds is 8. The summed E-state index contributed by atoms with van der Waals surface area (Å²) in [6.07, 6.45) is 0. The van der Waals surface area contributed by atoms with Crippen molar-refractivity contribution in [3.05, 3.63) is 82.0 Å². The Morgan fingerprint density at radius 2 is 1.71 bits per heavy atom. The monoisotopic (exact) mass is 394 g/mol. The van der Waals surface area contributed by atoms with Gasteiger partial charge in [-0.15, -0.1) is 11.3 Å². The van der Waals surface area contributed by atoms with Gasteiger partial charge < -0.3 is 10.1 Å². The number of thiophene rings is 1. The van der Waals surface area contributed by atoms with E-state index >= 15 is 0 Å². The third-order valence-electron chi connectivity index (χ3n) is 4.61. The Hall–Kier alpha value is -2.63. The zero-order valence-electron chi connectivity index (χ0n) is 16.4. The lowest BCUT2D eigenvalue weighted by Gasteiger charge is -2.19. The number of ether oxygens (including phenoxy) is 1. The van der Waals surface area contributed by atoms with Crippen molar-refractivity contribution < 1.29 is 9.53 Å². The van der Waals surface area contributed by atoms with Crippen molar-refractivity contribution in [2.45, 2.75) is 25.8 Å². The normalized spacial score (nSPS) is 12.0. The van der Waals surface area contributed by atoms with Gasteiger partial charge in [-0.25, -0.2) is 0 Å². The lowest BCUT2D eigenvalue weighted by molar-refractivity contribution is -0.115. The summed E-state index contributed by atoms with van der Waals surface area (Å²) in [5.74, 6) is 1.04. The topological polar surface area (TPSA) is 50.4 Å². The molecular weight excluding hydrogens is 368 g/mol. The lowest BCUT2D eigenvalue weighted by Crippen LogP contribution is -2.31. The van der Waals surface area contributed by atoms with Gasteiger partial charge in [0.2, 0.25) is 5.91 Å². The summed E-state index contributed by atoms with van der Waals surface area (Å²) in [7, 11) is 1.59. The third kappa shape index (κ3) is 5.00. The van der Waals surface area contributed by atoms with E-state index in [2.05, 4.69) is 60.2 Å². The molecule has 5 heteroatoms. The highest BCUT2D eigenvalue weighted by Crippen LogP contribution is 2.27. The summed E-state index contributed by atoms with van der Waals surface area (Å²) in [5.41, 5.74) is 3.13. The minimum atomic E-state index is -0.107. The number of nitrogens with one attached hydrogen (secondary N) is 2. The fourth-order valence-corrected chi connectivity index (χ4v) is 3.88. The molecule has 0 aliphatic heterocycles. The first-order chi connectivity index (χ1) is 13.6. The number of methoxy groups -OCH3 is 1. The number of amides is 1. The van der Waals surface area contributed by atoms with Crippen LogP contribution in [0.4, 0.5) is 5.69 Å². The van der Waals surface area contributed by atoms with E-state index < -0.39 is 0 Å². The Kier molecular flexibility index (Phi) is 6.85. The van der Waals surface area contributed by atoms with Crippen LogP contribution >= 0.6 is 11.3 Å². The highest BCUT2D eigenvalue weighted by atomic mass is 32.1. The summed E-state index contributed by atoms with van der Waals surface area (Å²) in [4.78, 5) is 13.7. The van der Waals surface area contributed by atoms with Crippen LogP contribution in [0.2, 0.25) is 0 Å². The summed E-state index contributed by atoms with van der Waals surface area (Å²) in [5, 5.41) is 8.37. The van der Waals surface area contributed by atoms with Crippen LogP contribution in [-0.4, -0.2) is 19.6 Å². The van der Waals surface area contributed by atoms with E-state index in [0.717, 1.165) is 5.56 Å². The number of hydrogen-bond donors (Lipinski definition) is 2. The van der Waals surface area contributed by atoms with Gasteiger partial charge in [0.1, 0.15) is 5.75 Å². The Morgan fingerprint density at radius 1 is 1.00 bits per heavy atom. The molecule has 146 valence electrons. The number of carbonyl (C=O) groups excluding carboxylic acids is 1. The van der Waals surface area contributed by atoms with Gasteiger partial charge in [-0.3, -0.25) is 10.1 Å². The molecule has 0 radical (unpaired) electrons. The third-order valence-corrected chi connectivity index (χ3v) is 5.55. The Labute approximate surface area is 170 Å². The molecule has 3 rings (SSSR count). The second-order valence-corrected chi connectivity index (χ2v) is 7.88. The van der Waals surface area contributed by atoms with Crippen LogP contribution < -0.4 is 15.4 Å². The first-order valence-corrected chi connectivity index (χ1v) is 10.3. The van der Waals surface area contributed by atoms with Crippen LogP contribution in [0.15, 0.2) is 66.0 Å². The Balaban J connectivity index is 1.71. The first kappa shape index (κ1) is 20.1. The van der Waals surface area contributed by atoms with E-state index in [4.69, 9.17) is 4.74 Å². The van der Waals surface area contributed by atoms with E-state index in [-0.39, 0.29) is 18.5 Å². The van der Waals surface area contributed by atoms with Crippen molar-refractivity contribution in [3.8, 4) is 5.75 Å². The molecule has 0 aliphatic carbocycles. The SMILES string of the molecule is COc1ccccc1NC(=O)CN[C@H](c1ccc(C(C)C)cc1)c1cccs1. The van der Waals surface area contributed by atoms with Crippen LogP contribution in [-0.2, 0) is 4.79 Å². The van der Waals surface area contributed by atoms with Crippen LogP contribution in [0.1, 0.15) is 41.8 Å². The standard InChI is InChI=1S/C23H26N2O2S/c1-16(2)17-10-12-18(13-11-17)23(21-9-6-14-28-21)24-15-22(26)25-19-7-4-5-8-20(19)27-3/h4-14,16,23-24H,15H2,1-3H3,(H,25,26)/t23-/m1/s1. The molecule has 3 aromatic rings. The van der Waals surface area contributed by atoms with Crippen molar-refractivity contribution in [3.63, 3.8) is 0 Å². The van der Waals surface area contributed by atoms with Crippen molar-refractivity contribution in [2.75, 3.05) is 19.0 Å². The van der Waals surface area contributed by atoms with E-state index in [1.54, 1.807) is 18.4 Å². The number of benzene rings is 2. The van der Waals surface area contributed by atoms with E-state index in [1.807, 2.05) is 30.3 Å². The molecular formula is C23H26N2O2S. The summed E-state index contributed by atoms with van der Waals surface area (Å²) in [6, 6.07) is 20.1. The maximum Gasteiger partial charge on any atom is 0.238 e. The van der Waals surface area contributed by atoms with Crippen molar-refractivity contribution in [1.29, 1.82) is 0 Å². The molecule has 0 saturated carbocycles. The zero-order chi connectivity index (χ0) is 19.9. The zero-order valence-corrected chi connectivity index (χ0v) is 17.3. The number of hydrogen-bond acceptors (Lipinski definition) is 4. The number of carbonyl (C=O) groups is 1. The predicted octanol–water partition coefficient (Wildman–Crippen LogP) is 5.20.